The Balaban J connectivity index is 1.44. The molecule has 8 heteroatoms. The van der Waals surface area contributed by atoms with Crippen LogP contribution in [-0.4, -0.2) is 45.0 Å². The molecule has 1 aliphatic carbocycles. The van der Waals surface area contributed by atoms with Gasteiger partial charge in [0.15, 0.2) is 0 Å². The normalized spacial score (nSPS) is 19.8. The molecule has 1 unspecified atom stereocenters. The number of nitrogens with zero attached hydrogens (tertiary/aromatic N) is 4. The van der Waals surface area contributed by atoms with Gasteiger partial charge in [0.1, 0.15) is 11.5 Å². The number of piperidine rings is 1. The maximum absolute atomic E-state index is 12.5. The molecule has 28 heavy (non-hydrogen) atoms. The van der Waals surface area contributed by atoms with Gasteiger partial charge in [-0.15, -0.1) is 0 Å². The van der Waals surface area contributed by atoms with E-state index in [2.05, 4.69) is 25.5 Å². The molecular formula is C20H28N6O2. The van der Waals surface area contributed by atoms with Crippen molar-refractivity contribution in [3.63, 3.8) is 0 Å². The zero-order chi connectivity index (χ0) is 19.7. The molecule has 3 heterocycles. The van der Waals surface area contributed by atoms with Crippen LogP contribution < -0.4 is 15.8 Å². The number of amides is 1. The quantitative estimate of drug-likeness (QED) is 0.796. The molecule has 0 radical (unpaired) electrons. The number of rotatable bonds is 6. The lowest BCUT2D eigenvalue weighted by atomic mass is 10.0. The number of aromatic nitrogens is 4. The highest BCUT2D eigenvalue weighted by atomic mass is 16.2. The van der Waals surface area contributed by atoms with Crippen molar-refractivity contribution in [2.45, 2.75) is 64.0 Å². The molecule has 2 fully saturated rings. The summed E-state index contributed by atoms with van der Waals surface area (Å²) in [5, 5.41) is 14.7. The van der Waals surface area contributed by atoms with Crippen LogP contribution in [0.2, 0.25) is 0 Å². The molecular weight excluding hydrogens is 356 g/mol. The van der Waals surface area contributed by atoms with Gasteiger partial charge in [-0.3, -0.25) is 14.7 Å². The molecule has 0 aromatic carbocycles. The molecule has 2 aromatic rings. The third-order valence-corrected chi connectivity index (χ3v) is 5.57. The molecule has 1 saturated heterocycles. The summed E-state index contributed by atoms with van der Waals surface area (Å²) in [6.07, 6.45) is 5.53. The van der Waals surface area contributed by atoms with E-state index in [1.165, 1.54) is 17.5 Å². The second-order valence-corrected chi connectivity index (χ2v) is 8.10. The van der Waals surface area contributed by atoms with Gasteiger partial charge in [-0.2, -0.15) is 10.2 Å². The average Bonchev–Trinajstić information content (AvgIpc) is 3.43. The fraction of sp³-hybridized carbons (Fsp3) is 0.600. The van der Waals surface area contributed by atoms with Gasteiger partial charge in [-0.1, -0.05) is 0 Å². The summed E-state index contributed by atoms with van der Waals surface area (Å²) < 4.78 is 1.52. The fourth-order valence-electron chi connectivity index (χ4n) is 3.81. The lowest BCUT2D eigenvalue weighted by molar-refractivity contribution is 0.0944. The Hall–Kier alpha value is -2.64. The molecule has 0 bridgehead atoms. The van der Waals surface area contributed by atoms with Gasteiger partial charge in [0, 0.05) is 36.8 Å². The number of nitrogens with one attached hydrogen (secondary N) is 2. The third kappa shape index (κ3) is 3.95. The van der Waals surface area contributed by atoms with E-state index in [1.807, 2.05) is 19.9 Å². The topological polar surface area (TPSA) is 95.9 Å². The van der Waals surface area contributed by atoms with Crippen LogP contribution in [0.25, 0.3) is 0 Å². The second-order valence-electron chi connectivity index (χ2n) is 8.10. The Bertz CT molecular complexity index is 898. The van der Waals surface area contributed by atoms with Crippen LogP contribution in [0, 0.1) is 0 Å². The number of aromatic amines is 1. The molecule has 2 aliphatic rings. The van der Waals surface area contributed by atoms with Crippen molar-refractivity contribution in [2.75, 3.05) is 18.0 Å². The lowest BCUT2D eigenvalue weighted by Gasteiger charge is -2.36. The lowest BCUT2D eigenvalue weighted by Crippen LogP contribution is -2.47. The first-order valence-corrected chi connectivity index (χ1v) is 10.2. The van der Waals surface area contributed by atoms with Gasteiger partial charge in [0.25, 0.3) is 11.5 Å². The predicted molar refractivity (Wildman–Crippen MR) is 107 cm³/mol. The molecule has 1 saturated carbocycles. The van der Waals surface area contributed by atoms with Crippen molar-refractivity contribution in [3.05, 3.63) is 39.9 Å². The van der Waals surface area contributed by atoms with Crippen LogP contribution in [0.5, 0.6) is 0 Å². The van der Waals surface area contributed by atoms with Gasteiger partial charge >= 0.3 is 0 Å². The Kier molecular flexibility index (Phi) is 5.19. The number of anilines is 1. The van der Waals surface area contributed by atoms with Gasteiger partial charge in [0.2, 0.25) is 0 Å². The smallest absolute Gasteiger partial charge is 0.271 e. The fourth-order valence-corrected chi connectivity index (χ4v) is 3.81. The number of H-pyrrole nitrogens is 1. The van der Waals surface area contributed by atoms with Crippen LogP contribution in [0.15, 0.2) is 23.0 Å². The summed E-state index contributed by atoms with van der Waals surface area (Å²) in [6, 6.07) is 5.40. The zero-order valence-corrected chi connectivity index (χ0v) is 16.5. The van der Waals surface area contributed by atoms with E-state index in [9.17, 15) is 9.59 Å². The molecule has 2 N–H and O–H groups in total. The first kappa shape index (κ1) is 18.7. The second kappa shape index (κ2) is 7.77. The van der Waals surface area contributed by atoms with E-state index >= 15 is 0 Å². The van der Waals surface area contributed by atoms with Crippen molar-refractivity contribution in [3.8, 4) is 0 Å². The van der Waals surface area contributed by atoms with Gasteiger partial charge in [-0.05, 0) is 58.1 Å². The van der Waals surface area contributed by atoms with E-state index in [1.54, 1.807) is 12.1 Å². The minimum Gasteiger partial charge on any atom is -0.350 e. The summed E-state index contributed by atoms with van der Waals surface area (Å²) in [4.78, 5) is 26.7. The predicted octanol–water partition coefficient (Wildman–Crippen LogP) is 2.21. The summed E-state index contributed by atoms with van der Waals surface area (Å²) in [5.41, 5.74) is 1.42. The van der Waals surface area contributed by atoms with E-state index in [0.29, 0.717) is 18.2 Å². The standard InChI is InChI=1S/C20H28N6O2/c1-13(2)26-19(27)9-8-18(24-26)25-10-4-3-5-15(25)12-21-20(28)17-11-16(22-23-17)14-6-7-14/h8-9,11,13-15H,3-7,10,12H2,1-2H3,(H,21,28)(H,22,23). The Morgan fingerprint density at radius 1 is 1.29 bits per heavy atom. The molecule has 1 atom stereocenters. The number of hydrogen-bond acceptors (Lipinski definition) is 5. The molecule has 0 spiro atoms. The van der Waals surface area contributed by atoms with Gasteiger partial charge in [0.05, 0.1) is 6.04 Å². The third-order valence-electron chi connectivity index (χ3n) is 5.57. The monoisotopic (exact) mass is 384 g/mol. The summed E-state index contributed by atoms with van der Waals surface area (Å²) in [7, 11) is 0. The summed E-state index contributed by atoms with van der Waals surface area (Å²) in [5.74, 6) is 1.20. The van der Waals surface area contributed by atoms with E-state index < -0.39 is 0 Å². The highest BCUT2D eigenvalue weighted by Gasteiger charge is 2.28. The van der Waals surface area contributed by atoms with Crippen molar-refractivity contribution in [2.24, 2.45) is 0 Å². The van der Waals surface area contributed by atoms with Crippen molar-refractivity contribution in [1.82, 2.24) is 25.3 Å². The summed E-state index contributed by atoms with van der Waals surface area (Å²) >= 11 is 0. The molecule has 2 aromatic heterocycles. The van der Waals surface area contributed by atoms with Crippen LogP contribution >= 0.6 is 0 Å². The average molecular weight is 384 g/mol. The Labute approximate surface area is 164 Å². The van der Waals surface area contributed by atoms with Crippen LogP contribution in [-0.2, 0) is 0 Å². The zero-order valence-electron chi connectivity index (χ0n) is 16.5. The van der Waals surface area contributed by atoms with Crippen LogP contribution in [0.3, 0.4) is 0 Å². The van der Waals surface area contributed by atoms with Crippen molar-refractivity contribution >= 4 is 11.7 Å². The maximum Gasteiger partial charge on any atom is 0.271 e. The maximum atomic E-state index is 12.5. The SMILES string of the molecule is CC(C)n1nc(N2CCCCC2CNC(=O)c2cc(C3CC3)[nH]n2)ccc1=O. The van der Waals surface area contributed by atoms with E-state index in [0.717, 1.165) is 37.3 Å². The van der Waals surface area contributed by atoms with Gasteiger partial charge < -0.3 is 10.2 Å². The number of carbonyl (C=O) groups excluding carboxylic acids is 1. The molecule has 8 nitrogen and oxygen atoms in total. The number of hydrogen-bond donors (Lipinski definition) is 2. The Morgan fingerprint density at radius 3 is 2.86 bits per heavy atom. The first-order chi connectivity index (χ1) is 13.5. The molecule has 1 aliphatic heterocycles. The molecule has 1 amide bonds. The van der Waals surface area contributed by atoms with Crippen LogP contribution in [0.4, 0.5) is 5.82 Å². The largest absolute Gasteiger partial charge is 0.350 e. The van der Waals surface area contributed by atoms with Gasteiger partial charge in [-0.25, -0.2) is 4.68 Å². The molecule has 4 rings (SSSR count). The van der Waals surface area contributed by atoms with Crippen molar-refractivity contribution < 1.29 is 4.79 Å². The first-order valence-electron chi connectivity index (χ1n) is 10.2. The van der Waals surface area contributed by atoms with E-state index in [-0.39, 0.29) is 23.6 Å². The highest BCUT2D eigenvalue weighted by Crippen LogP contribution is 2.38. The number of carbonyl (C=O) groups is 1. The minimum absolute atomic E-state index is 0.00993. The minimum atomic E-state index is -0.145. The summed E-state index contributed by atoms with van der Waals surface area (Å²) in [6.45, 7) is 5.31. The van der Waals surface area contributed by atoms with Crippen LogP contribution in [0.1, 0.15) is 74.1 Å². The van der Waals surface area contributed by atoms with Crippen molar-refractivity contribution in [1.29, 1.82) is 0 Å². The Morgan fingerprint density at radius 2 is 2.11 bits per heavy atom. The molecule has 150 valence electrons. The van der Waals surface area contributed by atoms with E-state index in [4.69, 9.17) is 0 Å². The highest BCUT2D eigenvalue weighted by molar-refractivity contribution is 5.92.